The van der Waals surface area contributed by atoms with E-state index in [0.717, 1.165) is 18.8 Å². The van der Waals surface area contributed by atoms with Crippen molar-refractivity contribution in [2.45, 2.75) is 6.42 Å². The van der Waals surface area contributed by atoms with E-state index in [-0.39, 0.29) is 0 Å². The molecule has 1 aliphatic heterocycles. The van der Waals surface area contributed by atoms with Crippen LogP contribution in [0.25, 0.3) is 10.8 Å². The van der Waals surface area contributed by atoms with E-state index < -0.39 is 0 Å². The van der Waals surface area contributed by atoms with E-state index >= 15 is 0 Å². The lowest BCUT2D eigenvalue weighted by molar-refractivity contribution is 0.650. The molecule has 2 heteroatoms. The summed E-state index contributed by atoms with van der Waals surface area (Å²) in [6.07, 6.45) is 3.18. The monoisotopic (exact) mass is 224 g/mol. The maximum atomic E-state index is 5.74. The Morgan fingerprint density at radius 2 is 1.94 bits per heavy atom. The van der Waals surface area contributed by atoms with Crippen LogP contribution in [-0.4, -0.2) is 6.54 Å². The van der Waals surface area contributed by atoms with Gasteiger partial charge >= 0.3 is 0 Å². The third kappa shape index (κ3) is 1.98. The molecule has 1 atom stereocenters. The first-order valence-electron chi connectivity index (χ1n) is 6.01. The molecule has 2 aromatic rings. The summed E-state index contributed by atoms with van der Waals surface area (Å²) < 4.78 is 0. The Hall–Kier alpha value is -1.96. The van der Waals surface area contributed by atoms with E-state index in [9.17, 15) is 0 Å². The van der Waals surface area contributed by atoms with Crippen molar-refractivity contribution in [1.29, 1.82) is 0 Å². The van der Waals surface area contributed by atoms with Crippen LogP contribution in [0.5, 0.6) is 0 Å². The second-order valence-electron chi connectivity index (χ2n) is 4.61. The zero-order chi connectivity index (χ0) is 11.7. The predicted octanol–water partition coefficient (Wildman–Crippen LogP) is 2.40. The first kappa shape index (κ1) is 10.2. The molecule has 0 amide bonds. The molecule has 0 spiro atoms. The van der Waals surface area contributed by atoms with Crippen LogP contribution in [0.2, 0.25) is 0 Å². The van der Waals surface area contributed by atoms with Gasteiger partial charge in [-0.2, -0.15) is 0 Å². The molecule has 86 valence electrons. The van der Waals surface area contributed by atoms with Crippen LogP contribution < -0.4 is 11.1 Å². The third-order valence-electron chi connectivity index (χ3n) is 3.35. The van der Waals surface area contributed by atoms with Crippen molar-refractivity contribution >= 4 is 10.8 Å². The molecule has 0 radical (unpaired) electrons. The highest BCUT2D eigenvalue weighted by molar-refractivity contribution is 5.85. The van der Waals surface area contributed by atoms with Crippen molar-refractivity contribution in [1.82, 2.24) is 5.32 Å². The van der Waals surface area contributed by atoms with Crippen molar-refractivity contribution in [2.24, 2.45) is 11.7 Å². The molecule has 0 aliphatic carbocycles. The Labute approximate surface area is 101 Å². The van der Waals surface area contributed by atoms with E-state index in [1.54, 1.807) is 0 Å². The smallest absolute Gasteiger partial charge is 0.0922 e. The quantitative estimate of drug-likeness (QED) is 0.822. The Bertz CT molecular complexity index is 567. The number of benzene rings is 2. The first-order chi connectivity index (χ1) is 8.33. The fourth-order valence-electron chi connectivity index (χ4n) is 2.50. The lowest BCUT2D eigenvalue weighted by atomic mass is 9.95. The van der Waals surface area contributed by atoms with Gasteiger partial charge in [0.25, 0.3) is 0 Å². The van der Waals surface area contributed by atoms with Crippen molar-refractivity contribution in [3.63, 3.8) is 0 Å². The molecule has 1 aliphatic rings. The standard InChI is InChI=1S/C15H16N2/c16-15-9-11(10-17-15)8-13-6-3-5-12-4-1-2-7-14(12)13/h1-7,9,11,17H,8,10,16H2/t11-/m1/s1. The number of hydrogen-bond acceptors (Lipinski definition) is 2. The van der Waals surface area contributed by atoms with Gasteiger partial charge in [0.05, 0.1) is 5.82 Å². The highest BCUT2D eigenvalue weighted by Gasteiger charge is 2.14. The molecule has 3 N–H and O–H groups in total. The number of fused-ring (bicyclic) bond motifs is 1. The van der Waals surface area contributed by atoms with Crippen molar-refractivity contribution < 1.29 is 0 Å². The van der Waals surface area contributed by atoms with E-state index in [1.807, 2.05) is 0 Å². The average molecular weight is 224 g/mol. The minimum atomic E-state index is 0.515. The zero-order valence-corrected chi connectivity index (χ0v) is 9.69. The second-order valence-corrected chi connectivity index (χ2v) is 4.61. The van der Waals surface area contributed by atoms with Gasteiger partial charge in [0.2, 0.25) is 0 Å². The van der Waals surface area contributed by atoms with Crippen LogP contribution in [0, 0.1) is 5.92 Å². The summed E-state index contributed by atoms with van der Waals surface area (Å²) in [6, 6.07) is 15.0. The topological polar surface area (TPSA) is 38.0 Å². The van der Waals surface area contributed by atoms with E-state index in [1.165, 1.54) is 16.3 Å². The van der Waals surface area contributed by atoms with E-state index in [0.29, 0.717) is 5.92 Å². The predicted molar refractivity (Wildman–Crippen MR) is 71.4 cm³/mol. The fraction of sp³-hybridized carbons (Fsp3) is 0.200. The molecule has 2 nitrogen and oxygen atoms in total. The molecule has 0 saturated carbocycles. The van der Waals surface area contributed by atoms with E-state index in [2.05, 4.69) is 53.9 Å². The number of nitrogens with one attached hydrogen (secondary N) is 1. The molecule has 1 heterocycles. The van der Waals surface area contributed by atoms with Gasteiger partial charge in [-0.1, -0.05) is 42.5 Å². The number of rotatable bonds is 2. The summed E-state index contributed by atoms with van der Waals surface area (Å²) >= 11 is 0. The molecule has 0 unspecified atom stereocenters. The summed E-state index contributed by atoms with van der Waals surface area (Å²) in [7, 11) is 0. The van der Waals surface area contributed by atoms with Gasteiger partial charge in [0.15, 0.2) is 0 Å². The second kappa shape index (κ2) is 4.13. The Morgan fingerprint density at radius 3 is 2.76 bits per heavy atom. The minimum absolute atomic E-state index is 0.515. The third-order valence-corrected chi connectivity index (χ3v) is 3.35. The highest BCUT2D eigenvalue weighted by Crippen LogP contribution is 2.22. The van der Waals surface area contributed by atoms with Gasteiger partial charge < -0.3 is 11.1 Å². The summed E-state index contributed by atoms with van der Waals surface area (Å²) in [4.78, 5) is 0. The molecule has 17 heavy (non-hydrogen) atoms. The van der Waals surface area contributed by atoms with Gasteiger partial charge in [-0.05, 0) is 28.8 Å². The summed E-state index contributed by atoms with van der Waals surface area (Å²) in [5.41, 5.74) is 7.14. The molecular weight excluding hydrogens is 208 g/mol. The number of hydrogen-bond donors (Lipinski definition) is 2. The number of nitrogens with two attached hydrogens (primary N) is 1. The summed E-state index contributed by atoms with van der Waals surface area (Å²) in [5, 5.41) is 5.85. The lowest BCUT2D eigenvalue weighted by Crippen LogP contribution is -2.17. The van der Waals surface area contributed by atoms with Crippen LogP contribution in [0.3, 0.4) is 0 Å². The molecular formula is C15H16N2. The van der Waals surface area contributed by atoms with Gasteiger partial charge in [0, 0.05) is 12.5 Å². The van der Waals surface area contributed by atoms with Crippen LogP contribution in [-0.2, 0) is 6.42 Å². The first-order valence-corrected chi connectivity index (χ1v) is 6.01. The van der Waals surface area contributed by atoms with Gasteiger partial charge in [-0.3, -0.25) is 0 Å². The fourth-order valence-corrected chi connectivity index (χ4v) is 2.50. The highest BCUT2D eigenvalue weighted by atomic mass is 15.0. The molecule has 3 rings (SSSR count). The van der Waals surface area contributed by atoms with Crippen molar-refractivity contribution in [3.05, 3.63) is 59.9 Å². The molecule has 0 bridgehead atoms. The summed E-state index contributed by atoms with van der Waals surface area (Å²) in [5.74, 6) is 1.33. The van der Waals surface area contributed by atoms with Gasteiger partial charge in [0.1, 0.15) is 0 Å². The lowest BCUT2D eigenvalue weighted by Gasteiger charge is -2.10. The Balaban J connectivity index is 1.95. The zero-order valence-electron chi connectivity index (χ0n) is 9.69. The molecule has 0 aromatic heterocycles. The Kier molecular flexibility index (Phi) is 2.48. The van der Waals surface area contributed by atoms with Gasteiger partial charge in [-0.25, -0.2) is 0 Å². The molecule has 0 fully saturated rings. The average Bonchev–Trinajstić information content (AvgIpc) is 2.75. The molecule has 2 aromatic carbocycles. The maximum Gasteiger partial charge on any atom is 0.0922 e. The maximum absolute atomic E-state index is 5.74. The van der Waals surface area contributed by atoms with Crippen LogP contribution in [0.1, 0.15) is 5.56 Å². The SMILES string of the molecule is NC1=C[C@@H](Cc2cccc3ccccc23)CN1. The van der Waals surface area contributed by atoms with Crippen molar-refractivity contribution in [3.8, 4) is 0 Å². The largest absolute Gasteiger partial charge is 0.386 e. The van der Waals surface area contributed by atoms with Crippen LogP contribution in [0.15, 0.2) is 54.4 Å². The minimum Gasteiger partial charge on any atom is -0.386 e. The van der Waals surface area contributed by atoms with Crippen LogP contribution in [0.4, 0.5) is 0 Å². The van der Waals surface area contributed by atoms with Crippen LogP contribution >= 0.6 is 0 Å². The van der Waals surface area contributed by atoms with E-state index in [4.69, 9.17) is 5.73 Å². The Morgan fingerprint density at radius 1 is 1.12 bits per heavy atom. The summed E-state index contributed by atoms with van der Waals surface area (Å²) in [6.45, 7) is 0.953. The van der Waals surface area contributed by atoms with Crippen molar-refractivity contribution in [2.75, 3.05) is 6.54 Å². The normalized spacial score (nSPS) is 19.1. The van der Waals surface area contributed by atoms with Gasteiger partial charge in [-0.15, -0.1) is 0 Å². The molecule has 0 saturated heterocycles.